The SMILES string of the molecule is CCCC(N)C(=O)NCC(C)C(C)C.Cl. The van der Waals surface area contributed by atoms with Crippen LogP contribution in [0.15, 0.2) is 0 Å². The monoisotopic (exact) mass is 236 g/mol. The fraction of sp³-hybridized carbons (Fsp3) is 0.909. The minimum absolute atomic E-state index is 0. The average molecular weight is 237 g/mol. The van der Waals surface area contributed by atoms with Crippen molar-refractivity contribution in [2.24, 2.45) is 17.6 Å². The van der Waals surface area contributed by atoms with Gasteiger partial charge in [0.25, 0.3) is 0 Å². The smallest absolute Gasteiger partial charge is 0.236 e. The maximum Gasteiger partial charge on any atom is 0.236 e. The predicted molar refractivity (Wildman–Crippen MR) is 67.1 cm³/mol. The number of nitrogens with two attached hydrogens (primary N) is 1. The van der Waals surface area contributed by atoms with Crippen LogP contribution in [-0.4, -0.2) is 18.5 Å². The average Bonchev–Trinajstić information content (AvgIpc) is 2.13. The Bertz CT molecular complexity index is 174. The van der Waals surface area contributed by atoms with Gasteiger partial charge in [-0.3, -0.25) is 4.79 Å². The van der Waals surface area contributed by atoms with Gasteiger partial charge in [0.2, 0.25) is 5.91 Å². The van der Waals surface area contributed by atoms with E-state index in [4.69, 9.17) is 5.73 Å². The maximum atomic E-state index is 11.4. The molecule has 0 bridgehead atoms. The molecule has 0 spiro atoms. The summed E-state index contributed by atoms with van der Waals surface area (Å²) in [4.78, 5) is 11.4. The third-order valence-corrected chi connectivity index (χ3v) is 2.67. The van der Waals surface area contributed by atoms with Gasteiger partial charge in [-0.25, -0.2) is 0 Å². The van der Waals surface area contributed by atoms with Crippen molar-refractivity contribution in [3.63, 3.8) is 0 Å². The summed E-state index contributed by atoms with van der Waals surface area (Å²) < 4.78 is 0. The van der Waals surface area contributed by atoms with Crippen molar-refractivity contribution in [1.82, 2.24) is 5.32 Å². The van der Waals surface area contributed by atoms with Crippen molar-refractivity contribution in [2.75, 3.05) is 6.54 Å². The number of hydrogen-bond donors (Lipinski definition) is 2. The second-order valence-corrected chi connectivity index (χ2v) is 4.36. The van der Waals surface area contributed by atoms with Gasteiger partial charge in [0.1, 0.15) is 0 Å². The lowest BCUT2D eigenvalue weighted by atomic mass is 9.98. The standard InChI is InChI=1S/C11H24N2O.ClH/c1-5-6-10(12)11(14)13-7-9(4)8(2)3;/h8-10H,5-7,12H2,1-4H3,(H,13,14);1H. The molecule has 0 aliphatic carbocycles. The largest absolute Gasteiger partial charge is 0.354 e. The topological polar surface area (TPSA) is 55.1 Å². The molecule has 0 fully saturated rings. The van der Waals surface area contributed by atoms with Crippen molar-refractivity contribution < 1.29 is 4.79 Å². The van der Waals surface area contributed by atoms with Gasteiger partial charge in [0.15, 0.2) is 0 Å². The number of carbonyl (C=O) groups excluding carboxylic acids is 1. The lowest BCUT2D eigenvalue weighted by Gasteiger charge is -2.17. The third-order valence-electron chi connectivity index (χ3n) is 2.67. The van der Waals surface area contributed by atoms with Crippen molar-refractivity contribution >= 4 is 18.3 Å². The molecule has 15 heavy (non-hydrogen) atoms. The highest BCUT2D eigenvalue weighted by Gasteiger charge is 2.13. The Morgan fingerprint density at radius 2 is 1.87 bits per heavy atom. The third kappa shape index (κ3) is 7.63. The van der Waals surface area contributed by atoms with Crippen LogP contribution in [0.25, 0.3) is 0 Å². The van der Waals surface area contributed by atoms with E-state index in [0.717, 1.165) is 19.4 Å². The molecule has 3 nitrogen and oxygen atoms in total. The number of carbonyl (C=O) groups is 1. The molecule has 0 saturated carbocycles. The van der Waals surface area contributed by atoms with E-state index in [9.17, 15) is 4.79 Å². The molecule has 0 rings (SSSR count). The van der Waals surface area contributed by atoms with Crippen molar-refractivity contribution in [2.45, 2.75) is 46.6 Å². The Labute approximate surface area is 99.6 Å². The van der Waals surface area contributed by atoms with Crippen LogP contribution in [0, 0.1) is 11.8 Å². The van der Waals surface area contributed by atoms with Gasteiger partial charge >= 0.3 is 0 Å². The summed E-state index contributed by atoms with van der Waals surface area (Å²) >= 11 is 0. The van der Waals surface area contributed by atoms with Crippen LogP contribution in [0.4, 0.5) is 0 Å². The van der Waals surface area contributed by atoms with Crippen molar-refractivity contribution in [3.05, 3.63) is 0 Å². The first-order valence-corrected chi connectivity index (χ1v) is 5.52. The quantitative estimate of drug-likeness (QED) is 0.741. The number of hydrogen-bond acceptors (Lipinski definition) is 2. The summed E-state index contributed by atoms with van der Waals surface area (Å²) in [5.74, 6) is 1.09. The maximum absolute atomic E-state index is 11.4. The fourth-order valence-corrected chi connectivity index (χ4v) is 1.07. The van der Waals surface area contributed by atoms with E-state index < -0.39 is 0 Å². The molecule has 2 atom stereocenters. The molecule has 0 radical (unpaired) electrons. The molecule has 0 aromatic rings. The van der Waals surface area contributed by atoms with Gasteiger partial charge < -0.3 is 11.1 Å². The van der Waals surface area contributed by atoms with Gasteiger partial charge in [-0.15, -0.1) is 12.4 Å². The first-order valence-electron chi connectivity index (χ1n) is 5.52. The lowest BCUT2D eigenvalue weighted by molar-refractivity contribution is -0.122. The summed E-state index contributed by atoms with van der Waals surface area (Å²) in [5, 5.41) is 2.88. The lowest BCUT2D eigenvalue weighted by Crippen LogP contribution is -2.42. The van der Waals surface area contributed by atoms with Crippen LogP contribution in [0.1, 0.15) is 40.5 Å². The minimum Gasteiger partial charge on any atom is -0.354 e. The Morgan fingerprint density at radius 1 is 1.33 bits per heavy atom. The second kappa shape index (κ2) is 8.98. The first-order chi connectivity index (χ1) is 6.49. The molecule has 0 aromatic heterocycles. The van der Waals surface area contributed by atoms with Crippen molar-refractivity contribution in [1.29, 1.82) is 0 Å². The molecular weight excluding hydrogens is 212 g/mol. The number of halogens is 1. The van der Waals surface area contributed by atoms with Crippen LogP contribution < -0.4 is 11.1 Å². The van der Waals surface area contributed by atoms with E-state index in [1.54, 1.807) is 0 Å². The van der Waals surface area contributed by atoms with Crippen LogP contribution in [0.5, 0.6) is 0 Å². The van der Waals surface area contributed by atoms with Crippen LogP contribution in [-0.2, 0) is 4.79 Å². The van der Waals surface area contributed by atoms with Gasteiger partial charge in [-0.05, 0) is 18.3 Å². The van der Waals surface area contributed by atoms with Crippen LogP contribution in [0.3, 0.4) is 0 Å². The Morgan fingerprint density at radius 3 is 2.27 bits per heavy atom. The Hall–Kier alpha value is -0.280. The summed E-state index contributed by atoms with van der Waals surface area (Å²) in [5.41, 5.74) is 5.68. The van der Waals surface area contributed by atoms with Crippen LogP contribution in [0.2, 0.25) is 0 Å². The molecule has 0 aliphatic heterocycles. The second-order valence-electron chi connectivity index (χ2n) is 4.36. The molecule has 0 aromatic carbocycles. The molecule has 3 N–H and O–H groups in total. The van der Waals surface area contributed by atoms with Crippen molar-refractivity contribution in [3.8, 4) is 0 Å². The molecule has 0 heterocycles. The number of amides is 1. The highest BCUT2D eigenvalue weighted by molar-refractivity contribution is 5.85. The van der Waals surface area contributed by atoms with E-state index in [-0.39, 0.29) is 24.4 Å². The fourth-order valence-electron chi connectivity index (χ4n) is 1.07. The Balaban J connectivity index is 0. The molecule has 0 saturated heterocycles. The minimum atomic E-state index is -0.334. The molecule has 2 unspecified atom stereocenters. The van der Waals surface area contributed by atoms with E-state index in [1.165, 1.54) is 0 Å². The molecule has 1 amide bonds. The zero-order valence-electron chi connectivity index (χ0n) is 10.2. The van der Waals surface area contributed by atoms with E-state index in [1.807, 2.05) is 6.92 Å². The van der Waals surface area contributed by atoms with E-state index in [0.29, 0.717) is 11.8 Å². The number of nitrogens with one attached hydrogen (secondary N) is 1. The number of rotatable bonds is 6. The highest BCUT2D eigenvalue weighted by atomic mass is 35.5. The van der Waals surface area contributed by atoms with Gasteiger partial charge in [0.05, 0.1) is 6.04 Å². The highest BCUT2D eigenvalue weighted by Crippen LogP contribution is 2.07. The van der Waals surface area contributed by atoms with Gasteiger partial charge in [-0.1, -0.05) is 34.1 Å². The molecular formula is C11H25ClN2O. The summed E-state index contributed by atoms with van der Waals surface area (Å²) in [6.07, 6.45) is 1.72. The molecule has 0 aliphatic rings. The van der Waals surface area contributed by atoms with Gasteiger partial charge in [0, 0.05) is 6.54 Å². The van der Waals surface area contributed by atoms with E-state index in [2.05, 4.69) is 26.1 Å². The Kier molecular flexibility index (Phi) is 10.3. The van der Waals surface area contributed by atoms with Crippen LogP contribution >= 0.6 is 12.4 Å². The first kappa shape index (κ1) is 17.1. The normalized spacial score (nSPS) is 14.3. The van der Waals surface area contributed by atoms with Gasteiger partial charge in [-0.2, -0.15) is 0 Å². The predicted octanol–water partition coefficient (Wildman–Crippen LogP) is 1.94. The summed E-state index contributed by atoms with van der Waals surface area (Å²) in [7, 11) is 0. The molecule has 92 valence electrons. The summed E-state index contributed by atoms with van der Waals surface area (Å²) in [6.45, 7) is 9.21. The van der Waals surface area contributed by atoms with E-state index >= 15 is 0 Å². The zero-order valence-corrected chi connectivity index (χ0v) is 11.1. The molecule has 4 heteroatoms. The summed E-state index contributed by atoms with van der Waals surface area (Å²) in [6, 6.07) is -0.334. The zero-order chi connectivity index (χ0) is 11.1.